The number of carboxylic acids is 1. The van der Waals surface area contributed by atoms with Crippen molar-refractivity contribution in [2.24, 2.45) is 28.6 Å². The standard InChI is InChI=1S/C31H50O9/c1-30(20-34)23-18-31(21(19-33)14-15-26(30)31)27(17-22(23)29(38)39)40-28(37)13-9-4-2-3-7-11-24(35)25(36)12-8-5-6-10-16-32/h17,19,21,23-27,32,34-36H,2-16,18,20H2,1H3,(H,38,39)/t21-,23+,24?,25?,26+,27+,30-,31-/m1/s1. The minimum atomic E-state index is -1.07. The third kappa shape index (κ3) is 6.97. The predicted molar refractivity (Wildman–Crippen MR) is 148 cm³/mol. The second-order valence-electron chi connectivity index (χ2n) is 12.6. The van der Waals surface area contributed by atoms with Gasteiger partial charge in [0, 0.05) is 42.0 Å². The summed E-state index contributed by atoms with van der Waals surface area (Å²) in [5.74, 6) is -2.29. The van der Waals surface area contributed by atoms with E-state index < -0.39 is 41.1 Å². The molecule has 2 bridgehead atoms. The van der Waals surface area contributed by atoms with E-state index in [2.05, 4.69) is 0 Å². The van der Waals surface area contributed by atoms with E-state index in [4.69, 9.17) is 9.84 Å². The molecule has 0 saturated heterocycles. The predicted octanol–water partition coefficient (Wildman–Crippen LogP) is 3.55. The number of esters is 1. The van der Waals surface area contributed by atoms with Gasteiger partial charge in [-0.1, -0.05) is 51.9 Å². The van der Waals surface area contributed by atoms with Crippen LogP contribution in [0.15, 0.2) is 11.6 Å². The van der Waals surface area contributed by atoms with Crippen LogP contribution in [0, 0.1) is 28.6 Å². The molecule has 0 aromatic rings. The first-order valence-electron chi connectivity index (χ1n) is 15.3. The zero-order chi connectivity index (χ0) is 29.3. The number of rotatable bonds is 19. The molecule has 0 radical (unpaired) electrons. The number of aliphatic carboxylic acids is 1. The van der Waals surface area contributed by atoms with Crippen LogP contribution in [0.2, 0.25) is 0 Å². The average Bonchev–Trinajstić information content (AvgIpc) is 3.40. The van der Waals surface area contributed by atoms with E-state index in [-0.39, 0.29) is 43.0 Å². The van der Waals surface area contributed by atoms with Gasteiger partial charge in [-0.3, -0.25) is 4.79 Å². The van der Waals surface area contributed by atoms with Crippen LogP contribution < -0.4 is 0 Å². The number of ether oxygens (including phenoxy) is 1. The van der Waals surface area contributed by atoms with Gasteiger partial charge >= 0.3 is 11.9 Å². The van der Waals surface area contributed by atoms with Crippen molar-refractivity contribution < 1.29 is 44.7 Å². The second-order valence-corrected chi connectivity index (χ2v) is 12.6. The molecule has 0 aromatic heterocycles. The molecule has 40 heavy (non-hydrogen) atoms. The molecule has 2 unspecified atom stereocenters. The van der Waals surface area contributed by atoms with Crippen LogP contribution in [0.3, 0.4) is 0 Å². The van der Waals surface area contributed by atoms with E-state index in [9.17, 15) is 34.8 Å². The molecule has 0 heterocycles. The van der Waals surface area contributed by atoms with Gasteiger partial charge in [0.1, 0.15) is 12.4 Å². The van der Waals surface area contributed by atoms with Crippen LogP contribution >= 0.6 is 0 Å². The molecule has 1 spiro atoms. The van der Waals surface area contributed by atoms with Gasteiger partial charge < -0.3 is 35.1 Å². The lowest BCUT2D eigenvalue weighted by molar-refractivity contribution is -0.158. The first kappa shape index (κ1) is 32.7. The van der Waals surface area contributed by atoms with Gasteiger partial charge in [-0.25, -0.2) is 4.79 Å². The van der Waals surface area contributed by atoms with E-state index in [0.29, 0.717) is 38.5 Å². The van der Waals surface area contributed by atoms with Crippen molar-refractivity contribution in [1.29, 1.82) is 0 Å². The summed E-state index contributed by atoms with van der Waals surface area (Å²) in [6.45, 7) is 1.91. The number of aliphatic hydroxyl groups is 4. The molecule has 3 aliphatic carbocycles. The Morgan fingerprint density at radius 1 is 0.975 bits per heavy atom. The van der Waals surface area contributed by atoms with Gasteiger partial charge in [-0.15, -0.1) is 0 Å². The van der Waals surface area contributed by atoms with E-state index in [1.165, 1.54) is 0 Å². The molecule has 3 rings (SSSR count). The van der Waals surface area contributed by atoms with Crippen molar-refractivity contribution in [3.8, 4) is 0 Å². The summed E-state index contributed by atoms with van der Waals surface area (Å²) in [5, 5.41) is 49.3. The van der Waals surface area contributed by atoms with E-state index >= 15 is 0 Å². The highest BCUT2D eigenvalue weighted by molar-refractivity contribution is 5.88. The molecule has 9 heteroatoms. The molecule has 3 aliphatic rings. The maximum atomic E-state index is 12.9. The number of hydrogen-bond donors (Lipinski definition) is 5. The minimum absolute atomic E-state index is 0.101. The maximum absolute atomic E-state index is 12.9. The highest BCUT2D eigenvalue weighted by Gasteiger charge is 2.71. The number of carbonyl (C=O) groups is 3. The lowest BCUT2D eigenvalue weighted by Crippen LogP contribution is -2.45. The molecule has 8 atom stereocenters. The van der Waals surface area contributed by atoms with Crippen LogP contribution in [0.4, 0.5) is 0 Å². The fourth-order valence-electron chi connectivity index (χ4n) is 7.97. The molecule has 0 amide bonds. The number of fused-ring (bicyclic) bond motifs is 1. The highest BCUT2D eigenvalue weighted by atomic mass is 16.5. The van der Waals surface area contributed by atoms with Gasteiger partial charge in [0.15, 0.2) is 0 Å². The number of aldehydes is 1. The third-order valence-corrected chi connectivity index (χ3v) is 10.2. The maximum Gasteiger partial charge on any atom is 0.331 e. The number of hydrogen-bond acceptors (Lipinski definition) is 8. The van der Waals surface area contributed by atoms with Crippen LogP contribution in [0.25, 0.3) is 0 Å². The Kier molecular flexibility index (Phi) is 12.2. The van der Waals surface area contributed by atoms with Gasteiger partial charge in [-0.05, 0) is 62.9 Å². The SMILES string of the molecule is C[C@@]1(CO)[C@H]2C[C@@]3([C@@H](OC(=O)CCCCCCCC(O)C(O)CCCCCCO)C=C2C(=O)O)[C@@H](C=O)CC[C@@H]13. The summed E-state index contributed by atoms with van der Waals surface area (Å²) < 4.78 is 5.92. The van der Waals surface area contributed by atoms with Crippen molar-refractivity contribution in [3.63, 3.8) is 0 Å². The van der Waals surface area contributed by atoms with Crippen LogP contribution in [-0.2, 0) is 19.1 Å². The molecule has 0 aromatic carbocycles. The van der Waals surface area contributed by atoms with E-state index in [1.807, 2.05) is 6.92 Å². The molecule has 0 aliphatic heterocycles. The Morgan fingerprint density at radius 2 is 1.57 bits per heavy atom. The first-order chi connectivity index (χ1) is 19.1. The molecule has 228 valence electrons. The average molecular weight is 567 g/mol. The number of carboxylic acid groups (broad SMARTS) is 1. The minimum Gasteiger partial charge on any atom is -0.478 e. The van der Waals surface area contributed by atoms with Gasteiger partial charge in [0.25, 0.3) is 0 Å². The fraction of sp³-hybridized carbons (Fsp3) is 0.839. The quantitative estimate of drug-likeness (QED) is 0.0894. The second kappa shape index (κ2) is 14.9. The monoisotopic (exact) mass is 566 g/mol. The van der Waals surface area contributed by atoms with Gasteiger partial charge in [0.05, 0.1) is 12.2 Å². The molecule has 5 N–H and O–H groups in total. The van der Waals surface area contributed by atoms with Crippen molar-refractivity contribution >= 4 is 18.2 Å². The van der Waals surface area contributed by atoms with Crippen molar-refractivity contribution in [1.82, 2.24) is 0 Å². The third-order valence-electron chi connectivity index (χ3n) is 10.2. The summed E-state index contributed by atoms with van der Waals surface area (Å²) in [5.41, 5.74) is -1.16. The zero-order valence-electron chi connectivity index (χ0n) is 24.0. The van der Waals surface area contributed by atoms with Crippen LogP contribution in [-0.4, -0.2) is 75.3 Å². The molecule has 2 fully saturated rings. The summed E-state index contributed by atoms with van der Waals surface area (Å²) in [4.78, 5) is 37.0. The largest absolute Gasteiger partial charge is 0.478 e. The van der Waals surface area contributed by atoms with Gasteiger partial charge in [-0.2, -0.15) is 0 Å². The summed E-state index contributed by atoms with van der Waals surface area (Å²) >= 11 is 0. The van der Waals surface area contributed by atoms with Crippen molar-refractivity contribution in [2.45, 2.75) is 122 Å². The summed E-state index contributed by atoms with van der Waals surface area (Å²) in [6, 6.07) is 0. The zero-order valence-corrected chi connectivity index (χ0v) is 24.0. The lowest BCUT2D eigenvalue weighted by atomic mass is 9.66. The Morgan fingerprint density at radius 3 is 2.15 bits per heavy atom. The fourth-order valence-corrected chi connectivity index (χ4v) is 7.97. The molecular formula is C31H50O9. The van der Waals surface area contributed by atoms with Crippen molar-refractivity contribution in [3.05, 3.63) is 11.6 Å². The topological polar surface area (TPSA) is 162 Å². The van der Waals surface area contributed by atoms with E-state index in [1.54, 1.807) is 6.08 Å². The Labute approximate surface area is 238 Å². The number of carbonyl (C=O) groups excluding carboxylic acids is 2. The first-order valence-corrected chi connectivity index (χ1v) is 15.3. The summed E-state index contributed by atoms with van der Waals surface area (Å²) in [6.07, 6.45) is 10.8. The van der Waals surface area contributed by atoms with Crippen LogP contribution in [0.1, 0.15) is 103 Å². The Balaban J connectivity index is 1.43. The smallest absolute Gasteiger partial charge is 0.331 e. The summed E-state index contributed by atoms with van der Waals surface area (Å²) in [7, 11) is 0. The van der Waals surface area contributed by atoms with Gasteiger partial charge in [0.2, 0.25) is 0 Å². The van der Waals surface area contributed by atoms with E-state index in [0.717, 1.165) is 57.7 Å². The normalized spacial score (nSPS) is 32.3. The number of unbranched alkanes of at least 4 members (excludes halogenated alkanes) is 7. The number of aliphatic hydroxyl groups excluding tert-OH is 4. The van der Waals surface area contributed by atoms with Crippen LogP contribution in [0.5, 0.6) is 0 Å². The highest BCUT2D eigenvalue weighted by Crippen LogP contribution is 2.71. The molecule has 9 nitrogen and oxygen atoms in total. The molecular weight excluding hydrogens is 516 g/mol. The lowest BCUT2D eigenvalue weighted by Gasteiger charge is -2.42. The molecule has 2 saturated carbocycles. The van der Waals surface area contributed by atoms with Crippen molar-refractivity contribution in [2.75, 3.05) is 13.2 Å². The Hall–Kier alpha value is -1.81. The Bertz CT molecular complexity index is 888.